The maximum absolute atomic E-state index is 12.2. The molecule has 3 aromatic rings. The van der Waals surface area contributed by atoms with Crippen LogP contribution in [0, 0.1) is 11.8 Å². The van der Waals surface area contributed by atoms with Gasteiger partial charge in [0.2, 0.25) is 0 Å². The van der Waals surface area contributed by atoms with E-state index >= 15 is 0 Å². The number of rotatable bonds is 6. The molecule has 0 amide bonds. The van der Waals surface area contributed by atoms with E-state index in [1.165, 1.54) is 46.4 Å². The average Bonchev–Trinajstić information content (AvgIpc) is 2.71. The Hall–Kier alpha value is -1.87. The minimum Gasteiger partial charge on any atom is -0.229 e. The monoisotopic (exact) mass is 408 g/mol. The van der Waals surface area contributed by atoms with Crippen molar-refractivity contribution < 1.29 is 8.42 Å². The minimum absolute atomic E-state index is 0.248. The maximum Gasteiger partial charge on any atom is 0.152 e. The quantitative estimate of drug-likeness (QED) is 0.433. The molecule has 1 saturated carbocycles. The van der Waals surface area contributed by atoms with Gasteiger partial charge in [-0.3, -0.25) is 0 Å². The van der Waals surface area contributed by atoms with Crippen LogP contribution in [0.1, 0.15) is 51.5 Å². The molecule has 154 valence electrons. The molecular formula is C26H32O2S. The van der Waals surface area contributed by atoms with Crippen molar-refractivity contribution in [3.63, 3.8) is 0 Å². The highest BCUT2D eigenvalue weighted by Crippen LogP contribution is 2.34. The van der Waals surface area contributed by atoms with Crippen LogP contribution in [0.15, 0.2) is 54.6 Å². The lowest BCUT2D eigenvalue weighted by atomic mass is 9.80. The number of sulfone groups is 1. The molecule has 0 bridgehead atoms. The van der Waals surface area contributed by atoms with Gasteiger partial charge < -0.3 is 0 Å². The minimum atomic E-state index is -2.91. The lowest BCUT2D eigenvalue weighted by Gasteiger charge is -2.29. The van der Waals surface area contributed by atoms with E-state index in [2.05, 4.69) is 54.6 Å². The second kappa shape index (κ2) is 8.47. The standard InChI is InChI=1S/C26H32O2S/c1-19(2)29(27,28)18-21-12-10-20(11-13-21)14-15-22-8-5-9-25-16-23-6-3-4-7-24(23)17-26(22)25/h3-9,16-17,19-21H,10-15,18H2,1-2H3. The SMILES string of the molecule is CC(C)S(=O)(=O)CC1CCC(CCc2cccc3cc4ccccc4cc23)CC1. The molecule has 0 N–H and O–H groups in total. The molecule has 1 fully saturated rings. The molecular weight excluding hydrogens is 376 g/mol. The summed E-state index contributed by atoms with van der Waals surface area (Å²) in [5.41, 5.74) is 1.44. The summed E-state index contributed by atoms with van der Waals surface area (Å²) >= 11 is 0. The van der Waals surface area contributed by atoms with Crippen molar-refractivity contribution in [3.05, 3.63) is 60.2 Å². The zero-order valence-corrected chi connectivity index (χ0v) is 18.4. The number of fused-ring (bicyclic) bond motifs is 2. The van der Waals surface area contributed by atoms with Gasteiger partial charge >= 0.3 is 0 Å². The van der Waals surface area contributed by atoms with Crippen LogP contribution >= 0.6 is 0 Å². The Bertz CT molecular complexity index is 1090. The summed E-state index contributed by atoms with van der Waals surface area (Å²) in [6.07, 6.45) is 6.79. The molecule has 0 aliphatic heterocycles. The molecule has 0 spiro atoms. The molecule has 3 aromatic carbocycles. The second-order valence-electron chi connectivity index (χ2n) is 9.14. The summed E-state index contributed by atoms with van der Waals surface area (Å²) in [5, 5.41) is 5.06. The average molecular weight is 409 g/mol. The van der Waals surface area contributed by atoms with Gasteiger partial charge in [-0.25, -0.2) is 8.42 Å². The molecule has 1 aliphatic rings. The molecule has 0 radical (unpaired) electrons. The van der Waals surface area contributed by atoms with E-state index < -0.39 is 9.84 Å². The Morgan fingerprint density at radius 3 is 2.14 bits per heavy atom. The highest BCUT2D eigenvalue weighted by Gasteiger charge is 2.27. The molecule has 0 aromatic heterocycles. The first-order valence-corrected chi connectivity index (χ1v) is 12.8. The van der Waals surface area contributed by atoms with Crippen molar-refractivity contribution in [1.29, 1.82) is 0 Å². The van der Waals surface area contributed by atoms with Crippen LogP contribution < -0.4 is 0 Å². The number of hydrogen-bond acceptors (Lipinski definition) is 2. The van der Waals surface area contributed by atoms with Crippen LogP contribution in [0.2, 0.25) is 0 Å². The van der Waals surface area contributed by atoms with Gasteiger partial charge in [0, 0.05) is 0 Å². The summed E-state index contributed by atoms with van der Waals surface area (Å²) < 4.78 is 24.4. The number of hydrogen-bond donors (Lipinski definition) is 0. The van der Waals surface area contributed by atoms with Crippen LogP contribution in [-0.4, -0.2) is 19.4 Å². The van der Waals surface area contributed by atoms with Crippen molar-refractivity contribution in [1.82, 2.24) is 0 Å². The van der Waals surface area contributed by atoms with E-state index in [4.69, 9.17) is 0 Å². The molecule has 0 heterocycles. The van der Waals surface area contributed by atoms with Crippen LogP contribution in [-0.2, 0) is 16.3 Å². The smallest absolute Gasteiger partial charge is 0.152 e. The third-order valence-corrected chi connectivity index (χ3v) is 9.18. The third-order valence-electron chi connectivity index (χ3n) is 6.81. The molecule has 29 heavy (non-hydrogen) atoms. The lowest BCUT2D eigenvalue weighted by molar-refractivity contribution is 0.279. The van der Waals surface area contributed by atoms with Gasteiger partial charge in [-0.2, -0.15) is 0 Å². The van der Waals surface area contributed by atoms with Gasteiger partial charge in [-0.15, -0.1) is 0 Å². The van der Waals surface area contributed by atoms with Gasteiger partial charge in [0.05, 0.1) is 11.0 Å². The van der Waals surface area contributed by atoms with Crippen molar-refractivity contribution in [3.8, 4) is 0 Å². The Kier molecular flexibility index (Phi) is 5.96. The molecule has 4 rings (SSSR count). The fourth-order valence-corrected chi connectivity index (χ4v) is 6.19. The Morgan fingerprint density at radius 2 is 1.45 bits per heavy atom. The van der Waals surface area contributed by atoms with Gasteiger partial charge in [0.25, 0.3) is 0 Å². The predicted octanol–water partition coefficient (Wildman–Crippen LogP) is 6.56. The van der Waals surface area contributed by atoms with Crippen LogP contribution in [0.5, 0.6) is 0 Å². The number of aryl methyl sites for hydroxylation is 1. The Balaban J connectivity index is 1.40. The fourth-order valence-electron chi connectivity index (χ4n) is 4.82. The molecule has 3 heteroatoms. The first-order chi connectivity index (χ1) is 13.9. The molecule has 2 nitrogen and oxygen atoms in total. The maximum atomic E-state index is 12.2. The number of benzene rings is 3. The first-order valence-electron chi connectivity index (χ1n) is 11.0. The summed E-state index contributed by atoms with van der Waals surface area (Å²) in [5.74, 6) is 1.47. The van der Waals surface area contributed by atoms with Gasteiger partial charge in [0.1, 0.15) is 0 Å². The first kappa shape index (κ1) is 20.4. The Labute approximate surface area is 175 Å². The molecule has 0 unspecified atom stereocenters. The van der Waals surface area contributed by atoms with Crippen LogP contribution in [0.3, 0.4) is 0 Å². The van der Waals surface area contributed by atoms with E-state index in [-0.39, 0.29) is 5.25 Å². The predicted molar refractivity (Wildman–Crippen MR) is 124 cm³/mol. The van der Waals surface area contributed by atoms with Crippen LogP contribution in [0.4, 0.5) is 0 Å². The van der Waals surface area contributed by atoms with Gasteiger partial charge in [-0.1, -0.05) is 55.3 Å². The zero-order valence-electron chi connectivity index (χ0n) is 17.6. The molecule has 1 aliphatic carbocycles. The second-order valence-corrected chi connectivity index (χ2v) is 11.7. The van der Waals surface area contributed by atoms with Crippen LogP contribution in [0.25, 0.3) is 21.5 Å². The Morgan fingerprint density at radius 1 is 0.828 bits per heavy atom. The largest absolute Gasteiger partial charge is 0.229 e. The van der Waals surface area contributed by atoms with Gasteiger partial charge in [0.15, 0.2) is 9.84 Å². The molecule has 0 atom stereocenters. The fraction of sp³-hybridized carbons (Fsp3) is 0.462. The zero-order chi connectivity index (χ0) is 20.4. The summed E-state index contributed by atoms with van der Waals surface area (Å²) in [6, 6.07) is 19.9. The van der Waals surface area contributed by atoms with E-state index in [0.29, 0.717) is 11.7 Å². The highest BCUT2D eigenvalue weighted by molar-refractivity contribution is 7.91. The topological polar surface area (TPSA) is 34.1 Å². The van der Waals surface area contributed by atoms with Crippen molar-refractivity contribution in [2.75, 3.05) is 5.75 Å². The normalized spacial score (nSPS) is 20.5. The van der Waals surface area contributed by atoms with Gasteiger partial charge in [-0.05, 0) is 90.6 Å². The molecule has 0 saturated heterocycles. The lowest BCUT2D eigenvalue weighted by Crippen LogP contribution is -2.26. The van der Waals surface area contributed by atoms with E-state index in [1.54, 1.807) is 13.8 Å². The third kappa shape index (κ3) is 4.66. The van der Waals surface area contributed by atoms with E-state index in [1.807, 2.05) is 0 Å². The summed E-state index contributed by atoms with van der Waals surface area (Å²) in [7, 11) is -2.91. The van der Waals surface area contributed by atoms with E-state index in [0.717, 1.165) is 25.2 Å². The van der Waals surface area contributed by atoms with Crippen molar-refractivity contribution in [2.45, 2.75) is 57.6 Å². The summed E-state index contributed by atoms with van der Waals surface area (Å²) in [6.45, 7) is 3.60. The van der Waals surface area contributed by atoms with Crippen molar-refractivity contribution in [2.24, 2.45) is 11.8 Å². The summed E-state index contributed by atoms with van der Waals surface area (Å²) in [4.78, 5) is 0. The highest BCUT2D eigenvalue weighted by atomic mass is 32.2. The van der Waals surface area contributed by atoms with E-state index in [9.17, 15) is 8.42 Å². The van der Waals surface area contributed by atoms with Crippen molar-refractivity contribution >= 4 is 31.4 Å².